The molecule has 1 aromatic heterocycles. The fourth-order valence-corrected chi connectivity index (χ4v) is 5.61. The van der Waals surface area contributed by atoms with Gasteiger partial charge in [0, 0.05) is 0 Å². The minimum absolute atomic E-state index is 0.120. The second-order valence-corrected chi connectivity index (χ2v) is 10.2. The van der Waals surface area contributed by atoms with Crippen LogP contribution < -0.4 is 31.8 Å². The molecule has 1 amide bonds. The first-order valence-corrected chi connectivity index (χ1v) is 9.05. The number of aromatic nitrogens is 1. The fraction of sp³-hybridized carbons (Fsp3) is 0.500. The number of hydrogen-bond donors (Lipinski definition) is 2. The van der Waals surface area contributed by atoms with Crippen molar-refractivity contribution in [3.63, 3.8) is 0 Å². The number of hydrogen-bond acceptors (Lipinski definition) is 3. The van der Waals surface area contributed by atoms with Crippen LogP contribution in [0.25, 0.3) is 0 Å². The molecule has 2 fully saturated rings. The van der Waals surface area contributed by atoms with Gasteiger partial charge >= 0.3 is 129 Å². The Kier molecular flexibility index (Phi) is 3.33. The van der Waals surface area contributed by atoms with Crippen molar-refractivity contribution < 1.29 is 30.4 Å². The van der Waals surface area contributed by atoms with Crippen LogP contribution in [-0.4, -0.2) is 24.4 Å². The van der Waals surface area contributed by atoms with Crippen LogP contribution in [0, 0.1) is 12.7 Å². The van der Waals surface area contributed by atoms with Crippen LogP contribution in [0.5, 0.6) is 0 Å². The van der Waals surface area contributed by atoms with Crippen molar-refractivity contribution in [1.29, 1.82) is 0 Å². The van der Waals surface area contributed by atoms with Gasteiger partial charge in [0.1, 0.15) is 0 Å². The van der Waals surface area contributed by atoms with Gasteiger partial charge in [-0.25, -0.2) is 0 Å². The molecule has 0 spiro atoms. The molecular weight excluding hydrogens is 428 g/mol. The SMILES string of the molecule is Cc1c(F)cc(Br)nc1NC(=O)[C@@H]1C[C@@]2(C)[I-][C@H]2N1. The number of nitrogens with zero attached hydrogens (tertiary/aromatic N) is 1. The van der Waals surface area contributed by atoms with Crippen molar-refractivity contribution >= 4 is 27.7 Å². The van der Waals surface area contributed by atoms with Gasteiger partial charge < -0.3 is 0 Å². The molecule has 0 unspecified atom stereocenters. The van der Waals surface area contributed by atoms with E-state index in [2.05, 4.69) is 38.5 Å². The third-order valence-electron chi connectivity index (χ3n) is 3.52. The number of carbonyl (C=O) groups excluding carboxylic acids is 1. The third-order valence-corrected chi connectivity index (χ3v) is 8.10. The van der Waals surface area contributed by atoms with Gasteiger partial charge in [0.25, 0.3) is 0 Å². The summed E-state index contributed by atoms with van der Waals surface area (Å²) in [6.45, 7) is 3.84. The van der Waals surface area contributed by atoms with Gasteiger partial charge in [0.2, 0.25) is 0 Å². The van der Waals surface area contributed by atoms with Crippen molar-refractivity contribution in [3.05, 3.63) is 22.1 Å². The molecule has 2 saturated heterocycles. The Balaban J connectivity index is 1.73. The number of alkyl halides is 2. The Morgan fingerprint density at radius 1 is 1.74 bits per heavy atom. The van der Waals surface area contributed by atoms with E-state index in [4.69, 9.17) is 0 Å². The molecule has 0 aromatic carbocycles. The molecule has 2 aliphatic heterocycles. The second-order valence-electron chi connectivity index (χ2n) is 5.06. The summed E-state index contributed by atoms with van der Waals surface area (Å²) in [5, 5.41) is 6.06. The van der Waals surface area contributed by atoms with E-state index in [1.54, 1.807) is 6.92 Å². The van der Waals surface area contributed by atoms with Gasteiger partial charge in [-0.05, 0) is 0 Å². The molecular formula is C12H13BrFIN3O-. The molecule has 2 N–H and O–H groups in total. The predicted octanol–water partition coefficient (Wildman–Crippen LogP) is -1.22. The van der Waals surface area contributed by atoms with Crippen LogP contribution in [-0.2, 0) is 4.79 Å². The van der Waals surface area contributed by atoms with Crippen LogP contribution in [0.1, 0.15) is 18.9 Å². The van der Waals surface area contributed by atoms with E-state index in [1.807, 2.05) is 0 Å². The molecule has 3 atom stereocenters. The summed E-state index contributed by atoms with van der Waals surface area (Å²) < 4.78 is 14.9. The first-order valence-electron chi connectivity index (χ1n) is 5.93. The summed E-state index contributed by atoms with van der Waals surface area (Å²) in [4.78, 5) is 16.3. The van der Waals surface area contributed by atoms with Gasteiger partial charge in [-0.1, -0.05) is 0 Å². The summed E-state index contributed by atoms with van der Waals surface area (Å²) in [5.41, 5.74) is 0.360. The first kappa shape index (κ1) is 13.7. The molecule has 104 valence electrons. The fourth-order valence-electron chi connectivity index (χ4n) is 2.25. The third kappa shape index (κ3) is 2.52. The summed E-state index contributed by atoms with van der Waals surface area (Å²) in [5.74, 6) is -0.207. The zero-order valence-electron chi connectivity index (χ0n) is 10.4. The van der Waals surface area contributed by atoms with Gasteiger partial charge in [0.05, 0.1) is 0 Å². The maximum atomic E-state index is 13.6. The summed E-state index contributed by atoms with van der Waals surface area (Å²) in [7, 11) is 0. The van der Waals surface area contributed by atoms with Gasteiger partial charge in [-0.2, -0.15) is 0 Å². The molecule has 0 saturated carbocycles. The molecule has 0 bridgehead atoms. The summed E-state index contributed by atoms with van der Waals surface area (Å²) in [6.07, 6.45) is 0.881. The van der Waals surface area contributed by atoms with Crippen molar-refractivity contribution in [2.75, 3.05) is 5.32 Å². The number of anilines is 1. The van der Waals surface area contributed by atoms with E-state index >= 15 is 0 Å². The Morgan fingerprint density at radius 2 is 2.47 bits per heavy atom. The van der Waals surface area contributed by atoms with Crippen molar-refractivity contribution in [3.8, 4) is 0 Å². The average molecular weight is 441 g/mol. The zero-order chi connectivity index (χ0) is 13.8. The number of amides is 1. The van der Waals surface area contributed by atoms with Crippen LogP contribution >= 0.6 is 15.9 Å². The molecule has 0 aliphatic carbocycles. The van der Waals surface area contributed by atoms with Crippen molar-refractivity contribution in [2.45, 2.75) is 33.8 Å². The number of fused-ring (bicyclic) bond motifs is 1. The quantitative estimate of drug-likeness (QED) is 0.262. The summed E-state index contributed by atoms with van der Waals surface area (Å²) in [6, 6.07) is 1.12. The van der Waals surface area contributed by atoms with E-state index in [0.29, 0.717) is 23.5 Å². The second kappa shape index (κ2) is 4.63. The Labute approximate surface area is 129 Å². The first-order chi connectivity index (χ1) is 8.89. The van der Waals surface area contributed by atoms with Crippen molar-refractivity contribution in [1.82, 2.24) is 10.3 Å². The van der Waals surface area contributed by atoms with Crippen LogP contribution in [0.15, 0.2) is 10.7 Å². The van der Waals surface area contributed by atoms with E-state index < -0.39 is 0 Å². The Morgan fingerprint density at radius 3 is 3.11 bits per heavy atom. The normalized spacial score (nSPS) is 32.4. The standard InChI is InChI=1S/C12H13BrFIN3O/c1-5-6(14)3-8(13)17-9(5)18-10(19)7-4-12(2)11(15-12)16-7/h3,7,11,16H,4H2,1-2H3,(H,17,18,19)/q-1/t7-,11-,12+/m0/s1. The number of nitrogens with one attached hydrogen (secondary N) is 2. The molecule has 4 nitrogen and oxygen atoms in total. The van der Waals surface area contributed by atoms with Gasteiger partial charge in [0.15, 0.2) is 0 Å². The summed E-state index contributed by atoms with van der Waals surface area (Å²) >= 11 is 3.34. The van der Waals surface area contributed by atoms with E-state index in [1.165, 1.54) is 6.07 Å². The monoisotopic (exact) mass is 440 g/mol. The molecule has 3 heterocycles. The van der Waals surface area contributed by atoms with E-state index in [-0.39, 0.29) is 39.0 Å². The molecule has 3 rings (SSSR count). The molecule has 0 radical (unpaired) electrons. The molecule has 7 heteroatoms. The zero-order valence-corrected chi connectivity index (χ0v) is 14.2. The van der Waals surface area contributed by atoms with Crippen molar-refractivity contribution in [2.24, 2.45) is 0 Å². The molecule has 2 aliphatic rings. The maximum absolute atomic E-state index is 13.6. The predicted molar refractivity (Wildman–Crippen MR) is 69.0 cm³/mol. The van der Waals surface area contributed by atoms with E-state index in [9.17, 15) is 9.18 Å². The Hall–Kier alpha value is -0.280. The minimum atomic E-state index is -0.378. The van der Waals surface area contributed by atoms with Crippen LogP contribution in [0.4, 0.5) is 10.2 Å². The van der Waals surface area contributed by atoms with Gasteiger partial charge in [-0.3, -0.25) is 0 Å². The topological polar surface area (TPSA) is 54.0 Å². The number of rotatable bonds is 2. The number of pyridine rings is 1. The van der Waals surface area contributed by atoms with E-state index in [0.717, 1.165) is 6.42 Å². The molecule has 19 heavy (non-hydrogen) atoms. The number of carbonyl (C=O) groups is 1. The number of halogens is 3. The van der Waals surface area contributed by atoms with Crippen LogP contribution in [0.3, 0.4) is 0 Å². The molecule has 1 aromatic rings. The average Bonchev–Trinajstić information content (AvgIpc) is 2.83. The van der Waals surface area contributed by atoms with Crippen LogP contribution in [0.2, 0.25) is 0 Å². The Bertz CT molecular complexity index is 570. The van der Waals surface area contributed by atoms with Gasteiger partial charge in [-0.15, -0.1) is 0 Å².